The number of amides is 1. The highest BCUT2D eigenvalue weighted by Gasteiger charge is 2.36. The number of nitrogens with one attached hydrogen (secondary N) is 1. The molecule has 0 radical (unpaired) electrons. The Morgan fingerprint density at radius 2 is 1.90 bits per heavy atom. The Kier molecular flexibility index (Phi) is 5.55. The van der Waals surface area contributed by atoms with E-state index in [2.05, 4.69) is 10.4 Å². The van der Waals surface area contributed by atoms with Crippen molar-refractivity contribution >= 4 is 27.3 Å². The van der Waals surface area contributed by atoms with Gasteiger partial charge < -0.3 is 15.2 Å². The molecule has 0 bridgehead atoms. The van der Waals surface area contributed by atoms with Gasteiger partial charge >= 0.3 is 6.18 Å². The summed E-state index contributed by atoms with van der Waals surface area (Å²) in [7, 11) is 0. The van der Waals surface area contributed by atoms with E-state index in [4.69, 9.17) is 4.74 Å². The zero-order valence-electron chi connectivity index (χ0n) is 15.9. The van der Waals surface area contributed by atoms with Crippen molar-refractivity contribution in [3.05, 3.63) is 71.2 Å². The molecular weight excluding hydrogens is 431 g/mol. The number of phenolic OH excluding ortho intramolecular Hbond substituents is 1. The van der Waals surface area contributed by atoms with Crippen molar-refractivity contribution in [3.63, 3.8) is 0 Å². The van der Waals surface area contributed by atoms with Gasteiger partial charge in [0.2, 0.25) is 5.88 Å². The van der Waals surface area contributed by atoms with Gasteiger partial charge in [0, 0.05) is 17.3 Å². The number of aromatic nitrogens is 2. The second-order valence-electron chi connectivity index (χ2n) is 6.59. The monoisotopic (exact) mass is 447 g/mol. The molecule has 160 valence electrons. The van der Waals surface area contributed by atoms with Crippen molar-refractivity contribution in [2.75, 3.05) is 6.61 Å². The predicted molar refractivity (Wildman–Crippen MR) is 109 cm³/mol. The van der Waals surface area contributed by atoms with Crippen LogP contribution in [0.4, 0.5) is 13.2 Å². The number of alkyl halides is 3. The van der Waals surface area contributed by atoms with Crippen LogP contribution in [0.2, 0.25) is 0 Å². The molecule has 0 aliphatic carbocycles. The number of phenols is 1. The molecule has 0 spiro atoms. The molecule has 0 aliphatic heterocycles. The molecule has 2 aromatic heterocycles. The lowest BCUT2D eigenvalue weighted by Gasteiger charge is -2.10. The number of aromatic hydroxyl groups is 1. The Morgan fingerprint density at radius 3 is 2.68 bits per heavy atom. The maximum Gasteiger partial charge on any atom is 0.435 e. The topological polar surface area (TPSA) is 76.4 Å². The molecule has 4 rings (SSSR count). The average molecular weight is 447 g/mol. The SMILES string of the molecule is O=C(COc1cc(C(F)(F)F)nn1-c1ccccc1O)NCc1csc2ccccc12. The summed E-state index contributed by atoms with van der Waals surface area (Å²) in [6, 6.07) is 14.2. The van der Waals surface area contributed by atoms with Gasteiger partial charge in [-0.1, -0.05) is 30.3 Å². The van der Waals surface area contributed by atoms with Crippen LogP contribution in [-0.2, 0) is 17.5 Å². The van der Waals surface area contributed by atoms with E-state index in [0.29, 0.717) is 6.07 Å². The van der Waals surface area contributed by atoms with E-state index in [1.54, 1.807) is 11.3 Å². The summed E-state index contributed by atoms with van der Waals surface area (Å²) < 4.78 is 46.6. The largest absolute Gasteiger partial charge is 0.506 e. The molecule has 0 atom stereocenters. The Balaban J connectivity index is 1.48. The number of rotatable bonds is 6. The van der Waals surface area contributed by atoms with Gasteiger partial charge in [0.05, 0.1) is 0 Å². The van der Waals surface area contributed by atoms with Gasteiger partial charge in [-0.05, 0) is 34.5 Å². The summed E-state index contributed by atoms with van der Waals surface area (Å²) in [6.07, 6.45) is -4.71. The van der Waals surface area contributed by atoms with E-state index >= 15 is 0 Å². The number of halogens is 3. The van der Waals surface area contributed by atoms with Crippen LogP contribution in [0, 0.1) is 0 Å². The van der Waals surface area contributed by atoms with E-state index in [0.717, 1.165) is 20.3 Å². The summed E-state index contributed by atoms with van der Waals surface area (Å²) in [5, 5.41) is 19.1. The molecule has 0 fully saturated rings. The van der Waals surface area contributed by atoms with Gasteiger partial charge in [0.1, 0.15) is 11.4 Å². The van der Waals surface area contributed by atoms with Crippen molar-refractivity contribution in [3.8, 4) is 17.3 Å². The van der Waals surface area contributed by atoms with E-state index in [1.807, 2.05) is 29.6 Å². The third kappa shape index (κ3) is 4.48. The van der Waals surface area contributed by atoms with Crippen LogP contribution in [0.3, 0.4) is 0 Å². The molecule has 2 aromatic carbocycles. The first kappa shape index (κ1) is 20.7. The van der Waals surface area contributed by atoms with Gasteiger partial charge in [-0.2, -0.15) is 23.0 Å². The molecule has 2 heterocycles. The normalized spacial score (nSPS) is 11.6. The van der Waals surface area contributed by atoms with E-state index in [-0.39, 0.29) is 23.9 Å². The molecule has 0 saturated carbocycles. The lowest BCUT2D eigenvalue weighted by molar-refractivity contribution is -0.141. The molecule has 0 saturated heterocycles. The Labute approximate surface area is 178 Å². The lowest BCUT2D eigenvalue weighted by Crippen LogP contribution is -2.28. The second-order valence-corrected chi connectivity index (χ2v) is 7.50. The standard InChI is InChI=1S/C21H16F3N3O3S/c22-21(23,24)18-9-20(27(26-18)15-6-2-3-7-16(15)28)30-11-19(29)25-10-13-12-31-17-8-4-1-5-14(13)17/h1-9,12,28H,10-11H2,(H,25,29). The quantitative estimate of drug-likeness (QED) is 0.456. The molecule has 31 heavy (non-hydrogen) atoms. The minimum atomic E-state index is -4.71. The van der Waals surface area contributed by atoms with Gasteiger partial charge in [-0.15, -0.1) is 11.3 Å². The maximum absolute atomic E-state index is 13.1. The molecule has 4 aromatic rings. The van der Waals surface area contributed by atoms with Crippen molar-refractivity contribution in [1.82, 2.24) is 15.1 Å². The summed E-state index contributed by atoms with van der Waals surface area (Å²) >= 11 is 1.56. The average Bonchev–Trinajstić information content (AvgIpc) is 3.35. The van der Waals surface area contributed by atoms with Crippen molar-refractivity contribution < 1.29 is 27.8 Å². The highest BCUT2D eigenvalue weighted by Crippen LogP contribution is 2.34. The van der Waals surface area contributed by atoms with Gasteiger partial charge in [0.25, 0.3) is 5.91 Å². The first-order chi connectivity index (χ1) is 14.8. The second kappa shape index (κ2) is 8.31. The number of carbonyl (C=O) groups excluding carboxylic acids is 1. The van der Waals surface area contributed by atoms with Crippen molar-refractivity contribution in [2.45, 2.75) is 12.7 Å². The van der Waals surface area contributed by atoms with Crippen LogP contribution >= 0.6 is 11.3 Å². The fourth-order valence-electron chi connectivity index (χ4n) is 2.98. The first-order valence-electron chi connectivity index (χ1n) is 9.13. The number of ether oxygens (including phenoxy) is 1. The molecule has 1 amide bonds. The lowest BCUT2D eigenvalue weighted by atomic mass is 10.2. The smallest absolute Gasteiger partial charge is 0.435 e. The van der Waals surface area contributed by atoms with Crippen LogP contribution < -0.4 is 10.1 Å². The van der Waals surface area contributed by atoms with Crippen LogP contribution in [0.1, 0.15) is 11.3 Å². The number of para-hydroxylation sites is 2. The van der Waals surface area contributed by atoms with Crippen LogP contribution in [-0.4, -0.2) is 27.4 Å². The number of thiophene rings is 1. The number of carbonyl (C=O) groups is 1. The number of benzene rings is 2. The number of nitrogens with zero attached hydrogens (tertiary/aromatic N) is 2. The molecule has 2 N–H and O–H groups in total. The summed E-state index contributed by atoms with van der Waals surface area (Å²) in [5.74, 6) is -1.10. The van der Waals surface area contributed by atoms with Gasteiger partial charge in [-0.25, -0.2) is 0 Å². The molecule has 6 nitrogen and oxygen atoms in total. The summed E-state index contributed by atoms with van der Waals surface area (Å²) in [5.41, 5.74) is -0.262. The predicted octanol–water partition coefficient (Wildman–Crippen LogP) is 4.51. The van der Waals surface area contributed by atoms with Crippen LogP contribution in [0.15, 0.2) is 60.0 Å². The Hall–Kier alpha value is -3.53. The minimum absolute atomic E-state index is 0.00171. The third-order valence-electron chi connectivity index (χ3n) is 4.47. The van der Waals surface area contributed by atoms with E-state index < -0.39 is 24.4 Å². The molecule has 10 heteroatoms. The summed E-state index contributed by atoms with van der Waals surface area (Å²) in [6.45, 7) is -0.253. The molecular formula is C21H16F3N3O3S. The molecule has 0 unspecified atom stereocenters. The third-order valence-corrected chi connectivity index (χ3v) is 5.48. The maximum atomic E-state index is 13.1. The minimum Gasteiger partial charge on any atom is -0.506 e. The fourth-order valence-corrected chi connectivity index (χ4v) is 3.94. The van der Waals surface area contributed by atoms with Crippen molar-refractivity contribution in [1.29, 1.82) is 0 Å². The Morgan fingerprint density at radius 1 is 1.16 bits per heavy atom. The van der Waals surface area contributed by atoms with Gasteiger partial charge in [-0.3, -0.25) is 4.79 Å². The first-order valence-corrected chi connectivity index (χ1v) is 10.0. The zero-order valence-corrected chi connectivity index (χ0v) is 16.7. The zero-order chi connectivity index (χ0) is 22.0. The molecule has 0 aliphatic rings. The van der Waals surface area contributed by atoms with Gasteiger partial charge in [0.15, 0.2) is 12.3 Å². The van der Waals surface area contributed by atoms with Crippen LogP contribution in [0.25, 0.3) is 15.8 Å². The number of hydrogen-bond acceptors (Lipinski definition) is 5. The highest BCUT2D eigenvalue weighted by molar-refractivity contribution is 7.17. The Bertz CT molecular complexity index is 1230. The van der Waals surface area contributed by atoms with Crippen LogP contribution in [0.5, 0.6) is 11.6 Å². The van der Waals surface area contributed by atoms with E-state index in [1.165, 1.54) is 24.3 Å². The number of fused-ring (bicyclic) bond motifs is 1. The van der Waals surface area contributed by atoms with E-state index in [9.17, 15) is 23.1 Å². The summed E-state index contributed by atoms with van der Waals surface area (Å²) in [4.78, 5) is 12.2. The number of hydrogen-bond donors (Lipinski definition) is 2. The highest BCUT2D eigenvalue weighted by atomic mass is 32.1. The van der Waals surface area contributed by atoms with Crippen molar-refractivity contribution in [2.24, 2.45) is 0 Å². The fraction of sp³-hybridized carbons (Fsp3) is 0.143.